The second-order valence-electron chi connectivity index (χ2n) is 10.9. The molecule has 0 radical (unpaired) electrons. The summed E-state index contributed by atoms with van der Waals surface area (Å²) in [5.41, 5.74) is 1.75. The van der Waals surface area contributed by atoms with E-state index in [1.165, 1.54) is 13.1 Å². The number of anilines is 3. The molecule has 3 aromatic rings. The molecule has 10 heteroatoms. The number of ether oxygens (including phenoxy) is 1. The van der Waals surface area contributed by atoms with Gasteiger partial charge in [0.05, 0.1) is 11.7 Å². The molecule has 0 saturated carbocycles. The van der Waals surface area contributed by atoms with Crippen molar-refractivity contribution in [1.29, 1.82) is 0 Å². The molecule has 2 aliphatic rings. The number of ketones is 1. The van der Waals surface area contributed by atoms with E-state index >= 15 is 0 Å². The van der Waals surface area contributed by atoms with Crippen LogP contribution in [0.4, 0.5) is 17.5 Å². The van der Waals surface area contributed by atoms with Crippen LogP contribution in [0.2, 0.25) is 5.02 Å². The van der Waals surface area contributed by atoms with Crippen LogP contribution in [-0.4, -0.2) is 65.1 Å². The summed E-state index contributed by atoms with van der Waals surface area (Å²) in [5.74, 6) is 1.30. The zero-order chi connectivity index (χ0) is 27.0. The van der Waals surface area contributed by atoms with Crippen LogP contribution in [0.25, 0.3) is 10.9 Å². The van der Waals surface area contributed by atoms with Crippen LogP contribution in [0.3, 0.4) is 0 Å². The topological polar surface area (TPSA) is 92.6 Å². The van der Waals surface area contributed by atoms with E-state index in [2.05, 4.69) is 27.1 Å². The molecular weight excluding hydrogens is 504 g/mol. The summed E-state index contributed by atoms with van der Waals surface area (Å²) in [6.07, 6.45) is 4.28. The Bertz CT molecular complexity index is 1410. The van der Waals surface area contributed by atoms with Crippen LogP contribution in [-0.2, 0) is 4.79 Å². The average Bonchev–Trinajstić information content (AvgIpc) is 2.88. The van der Waals surface area contributed by atoms with E-state index in [0.29, 0.717) is 28.6 Å². The molecule has 1 spiro atoms. The maximum absolute atomic E-state index is 13.1. The number of carbonyl (C=O) groups is 1. The number of nitrogens with one attached hydrogen (secondary N) is 1. The quantitative estimate of drug-likeness (QED) is 0.443. The molecule has 9 nitrogen and oxygen atoms in total. The highest BCUT2D eigenvalue weighted by atomic mass is 35.5. The monoisotopic (exact) mass is 538 g/mol. The van der Waals surface area contributed by atoms with E-state index in [4.69, 9.17) is 21.3 Å². The van der Waals surface area contributed by atoms with Gasteiger partial charge in [-0.1, -0.05) is 18.5 Å². The van der Waals surface area contributed by atoms with Crippen molar-refractivity contribution in [3.63, 3.8) is 0 Å². The van der Waals surface area contributed by atoms with Crippen molar-refractivity contribution >= 4 is 45.7 Å². The summed E-state index contributed by atoms with van der Waals surface area (Å²) in [6, 6.07) is 7.34. The van der Waals surface area contributed by atoms with E-state index in [-0.39, 0.29) is 29.7 Å². The number of pyridine rings is 1. The van der Waals surface area contributed by atoms with Crippen molar-refractivity contribution in [3.8, 4) is 5.75 Å². The zero-order valence-electron chi connectivity index (χ0n) is 22.5. The molecule has 2 fully saturated rings. The normalized spacial score (nSPS) is 17.2. The van der Waals surface area contributed by atoms with Gasteiger partial charge in [0, 0.05) is 49.7 Å². The highest BCUT2D eigenvalue weighted by molar-refractivity contribution is 6.32. The molecule has 0 aliphatic carbocycles. The Morgan fingerprint density at radius 3 is 2.61 bits per heavy atom. The predicted octanol–water partition coefficient (Wildman–Crippen LogP) is 4.66. The molecule has 0 unspecified atom stereocenters. The summed E-state index contributed by atoms with van der Waals surface area (Å²) in [4.78, 5) is 38.7. The van der Waals surface area contributed by atoms with Crippen molar-refractivity contribution in [2.75, 3.05) is 50.1 Å². The van der Waals surface area contributed by atoms with E-state index in [1.807, 2.05) is 32.0 Å². The fourth-order valence-corrected chi connectivity index (χ4v) is 5.74. The van der Waals surface area contributed by atoms with Crippen LogP contribution < -0.4 is 20.5 Å². The molecule has 2 saturated heterocycles. The van der Waals surface area contributed by atoms with Crippen molar-refractivity contribution in [2.24, 2.45) is 5.41 Å². The van der Waals surface area contributed by atoms with Crippen molar-refractivity contribution in [1.82, 2.24) is 19.4 Å². The number of piperidine rings is 1. The van der Waals surface area contributed by atoms with Crippen molar-refractivity contribution < 1.29 is 9.53 Å². The minimum absolute atomic E-state index is 0.0610. The van der Waals surface area contributed by atoms with Crippen molar-refractivity contribution in [3.05, 3.63) is 45.8 Å². The smallest absolute Gasteiger partial charge is 0.293 e. The van der Waals surface area contributed by atoms with Gasteiger partial charge in [-0.3, -0.25) is 9.59 Å². The lowest BCUT2D eigenvalue weighted by Crippen LogP contribution is -2.58. The molecule has 2 aliphatic heterocycles. The zero-order valence-corrected chi connectivity index (χ0v) is 23.2. The lowest BCUT2D eigenvalue weighted by atomic mass is 9.72. The third-order valence-corrected chi connectivity index (χ3v) is 7.89. The first-order valence-electron chi connectivity index (χ1n) is 13.2. The van der Waals surface area contributed by atoms with E-state index in [9.17, 15) is 9.59 Å². The number of Topliss-reactive ketones (excluding diaryl/α,β-unsaturated/α-hetero) is 1. The standard InChI is InChI=1S/C28H35ClN6O3/c1-5-21(36)15-38-24-13-19-12-20(6-7-23(19)35(18(2)3)26(24)37)31-25-22(29)14-30-27(32-25)34-10-8-28(9-11-34)16-33(4)17-28/h6-7,12-14,18H,5,8-11,15-17H2,1-4H3,(H,30,31,32). The van der Waals surface area contributed by atoms with E-state index < -0.39 is 0 Å². The summed E-state index contributed by atoms with van der Waals surface area (Å²) < 4.78 is 7.31. The number of halogens is 1. The predicted molar refractivity (Wildman–Crippen MR) is 151 cm³/mol. The minimum Gasteiger partial charge on any atom is -0.480 e. The largest absolute Gasteiger partial charge is 0.480 e. The third kappa shape index (κ3) is 5.22. The average molecular weight is 539 g/mol. The second-order valence-corrected chi connectivity index (χ2v) is 11.3. The molecule has 2 aromatic heterocycles. The number of aromatic nitrogens is 3. The van der Waals surface area contributed by atoms with Crippen LogP contribution >= 0.6 is 11.6 Å². The maximum atomic E-state index is 13.1. The first-order chi connectivity index (χ1) is 18.2. The first-order valence-corrected chi connectivity index (χ1v) is 13.6. The van der Waals surface area contributed by atoms with Crippen LogP contribution in [0.5, 0.6) is 5.75 Å². The number of benzene rings is 1. The van der Waals surface area contributed by atoms with Gasteiger partial charge in [-0.05, 0) is 63.4 Å². The van der Waals surface area contributed by atoms with E-state index in [0.717, 1.165) is 42.5 Å². The lowest BCUT2D eigenvalue weighted by Gasteiger charge is -2.52. The van der Waals surface area contributed by atoms with Gasteiger partial charge in [-0.25, -0.2) is 4.98 Å². The van der Waals surface area contributed by atoms with Gasteiger partial charge in [-0.15, -0.1) is 0 Å². The number of fused-ring (bicyclic) bond motifs is 1. The molecular formula is C28H35ClN6O3. The third-order valence-electron chi connectivity index (χ3n) is 7.61. The lowest BCUT2D eigenvalue weighted by molar-refractivity contribution is -0.120. The number of hydrogen-bond donors (Lipinski definition) is 1. The van der Waals surface area contributed by atoms with Gasteiger partial charge in [0.1, 0.15) is 11.6 Å². The molecule has 38 heavy (non-hydrogen) atoms. The highest BCUT2D eigenvalue weighted by Gasteiger charge is 2.43. The summed E-state index contributed by atoms with van der Waals surface area (Å²) in [7, 11) is 2.17. The Labute approximate surface area is 227 Å². The van der Waals surface area contributed by atoms with Gasteiger partial charge in [0.2, 0.25) is 5.95 Å². The molecule has 0 amide bonds. The molecule has 1 aromatic carbocycles. The highest BCUT2D eigenvalue weighted by Crippen LogP contribution is 2.40. The van der Waals surface area contributed by atoms with Crippen LogP contribution in [0.1, 0.15) is 46.1 Å². The fraction of sp³-hybridized carbons (Fsp3) is 0.500. The van der Waals surface area contributed by atoms with Gasteiger partial charge >= 0.3 is 0 Å². The maximum Gasteiger partial charge on any atom is 0.293 e. The molecule has 0 bridgehead atoms. The van der Waals surface area contributed by atoms with Gasteiger partial charge in [0.25, 0.3) is 5.56 Å². The number of likely N-dealkylation sites (tertiary alicyclic amines) is 1. The van der Waals surface area contributed by atoms with Gasteiger partial charge in [0.15, 0.2) is 17.4 Å². The minimum atomic E-state index is -0.252. The SMILES string of the molecule is CCC(=O)COc1cc2cc(Nc3nc(N4CCC5(CC4)CN(C)C5)ncc3Cl)ccc2n(C(C)C)c1=O. The van der Waals surface area contributed by atoms with E-state index in [1.54, 1.807) is 23.8 Å². The number of rotatable bonds is 8. The summed E-state index contributed by atoms with van der Waals surface area (Å²) in [6.45, 7) is 9.74. The summed E-state index contributed by atoms with van der Waals surface area (Å²) >= 11 is 6.48. The Hall–Kier alpha value is -3.17. The van der Waals surface area contributed by atoms with Gasteiger partial charge in [-0.2, -0.15) is 4.98 Å². The van der Waals surface area contributed by atoms with Crippen LogP contribution in [0.15, 0.2) is 35.3 Å². The Kier molecular flexibility index (Phi) is 7.33. The Balaban J connectivity index is 1.40. The number of nitrogens with zero attached hydrogens (tertiary/aromatic N) is 5. The molecule has 0 atom stereocenters. The molecule has 202 valence electrons. The second kappa shape index (κ2) is 10.5. The first kappa shape index (κ1) is 26.4. The Morgan fingerprint density at radius 1 is 1.21 bits per heavy atom. The molecule has 5 rings (SSSR count). The number of hydrogen-bond acceptors (Lipinski definition) is 8. The number of carbonyl (C=O) groups excluding carboxylic acids is 1. The fourth-order valence-electron chi connectivity index (χ4n) is 5.61. The molecule has 4 heterocycles. The van der Waals surface area contributed by atoms with Crippen molar-refractivity contribution in [2.45, 2.75) is 46.1 Å². The molecule has 1 N–H and O–H groups in total. The summed E-state index contributed by atoms with van der Waals surface area (Å²) in [5, 5.41) is 4.56. The Morgan fingerprint density at radius 2 is 1.95 bits per heavy atom. The van der Waals surface area contributed by atoms with Crippen LogP contribution in [0, 0.1) is 5.41 Å². The van der Waals surface area contributed by atoms with Gasteiger partial charge < -0.3 is 24.4 Å².